The van der Waals surface area contributed by atoms with Crippen molar-refractivity contribution < 1.29 is 28.6 Å². The number of ether oxygens (including phenoxy) is 3. The van der Waals surface area contributed by atoms with Crippen LogP contribution in [0.15, 0.2) is 54.6 Å². The minimum Gasteiger partial charge on any atom is -0.493 e. The maximum absolute atomic E-state index is 12.1. The number of hydrogen-bond donors (Lipinski definition) is 2. The van der Waals surface area contributed by atoms with Gasteiger partial charge >= 0.3 is 5.97 Å². The van der Waals surface area contributed by atoms with E-state index < -0.39 is 23.8 Å². The van der Waals surface area contributed by atoms with Crippen LogP contribution in [0.25, 0.3) is 0 Å². The Morgan fingerprint density at radius 1 is 0.909 bits per heavy atom. The largest absolute Gasteiger partial charge is 0.493 e. The van der Waals surface area contributed by atoms with Crippen LogP contribution in [0, 0.1) is 5.92 Å². The molecule has 0 aliphatic heterocycles. The van der Waals surface area contributed by atoms with E-state index >= 15 is 0 Å². The molecule has 33 heavy (non-hydrogen) atoms. The molecule has 0 aliphatic carbocycles. The van der Waals surface area contributed by atoms with Crippen LogP contribution in [0.5, 0.6) is 5.75 Å². The second kappa shape index (κ2) is 13.9. The van der Waals surface area contributed by atoms with E-state index in [-0.39, 0.29) is 19.1 Å². The highest BCUT2D eigenvalue weighted by molar-refractivity contribution is 5.92. The molecule has 0 aliphatic rings. The number of carbonyl (C=O) groups is 3. The molecule has 8 nitrogen and oxygen atoms in total. The van der Waals surface area contributed by atoms with Crippen molar-refractivity contribution in [3.63, 3.8) is 0 Å². The van der Waals surface area contributed by atoms with Crippen LogP contribution in [-0.4, -0.2) is 50.8 Å². The molecule has 0 bridgehead atoms. The van der Waals surface area contributed by atoms with Gasteiger partial charge in [-0.3, -0.25) is 9.59 Å². The maximum atomic E-state index is 12.1. The molecule has 1 atom stereocenters. The summed E-state index contributed by atoms with van der Waals surface area (Å²) in [6.07, 6.45) is 1.26. The van der Waals surface area contributed by atoms with Gasteiger partial charge in [0.25, 0.3) is 0 Å². The van der Waals surface area contributed by atoms with Crippen molar-refractivity contribution in [3.05, 3.63) is 60.2 Å². The highest BCUT2D eigenvalue weighted by Gasteiger charge is 2.22. The number of methoxy groups -OCH3 is 1. The number of amides is 2. The van der Waals surface area contributed by atoms with Crippen molar-refractivity contribution in [2.24, 2.45) is 5.92 Å². The molecule has 2 N–H and O–H groups in total. The molecule has 2 amide bonds. The lowest BCUT2D eigenvalue weighted by atomic mass is 10.0. The Kier molecular flexibility index (Phi) is 10.9. The van der Waals surface area contributed by atoms with Crippen molar-refractivity contribution in [1.82, 2.24) is 5.32 Å². The second-order valence-electron chi connectivity index (χ2n) is 7.92. The van der Waals surface area contributed by atoms with Crippen LogP contribution in [0.3, 0.4) is 0 Å². The normalized spacial score (nSPS) is 11.5. The molecule has 0 radical (unpaired) electrons. The summed E-state index contributed by atoms with van der Waals surface area (Å²) in [5.41, 5.74) is 1.79. The molecule has 0 fully saturated rings. The van der Waals surface area contributed by atoms with Gasteiger partial charge in [0.1, 0.15) is 25.0 Å². The first-order chi connectivity index (χ1) is 15.9. The minimum absolute atomic E-state index is 0.196. The lowest BCUT2D eigenvalue weighted by Gasteiger charge is -2.18. The zero-order valence-electron chi connectivity index (χ0n) is 19.3. The molecular formula is C25H32N2O6. The zero-order valence-corrected chi connectivity index (χ0v) is 19.3. The van der Waals surface area contributed by atoms with Crippen LogP contribution in [0.4, 0.5) is 5.69 Å². The summed E-state index contributed by atoms with van der Waals surface area (Å²) in [7, 11) is 1.27. The summed E-state index contributed by atoms with van der Waals surface area (Å²) in [5, 5.41) is 5.27. The minimum atomic E-state index is -0.742. The van der Waals surface area contributed by atoms with Crippen molar-refractivity contribution in [1.29, 1.82) is 0 Å². The van der Waals surface area contributed by atoms with Crippen molar-refractivity contribution >= 4 is 23.5 Å². The smallest absolute Gasteiger partial charge is 0.328 e. The first kappa shape index (κ1) is 25.9. The molecule has 2 rings (SSSR count). The first-order valence-corrected chi connectivity index (χ1v) is 10.9. The second-order valence-corrected chi connectivity index (χ2v) is 7.92. The number of esters is 1. The van der Waals surface area contributed by atoms with Gasteiger partial charge in [0, 0.05) is 12.1 Å². The Bertz CT molecular complexity index is 884. The van der Waals surface area contributed by atoms with E-state index in [0.29, 0.717) is 24.5 Å². The Morgan fingerprint density at radius 3 is 2.21 bits per heavy atom. The summed E-state index contributed by atoms with van der Waals surface area (Å²) in [6, 6.07) is 16.3. The summed E-state index contributed by atoms with van der Waals surface area (Å²) >= 11 is 0. The van der Waals surface area contributed by atoms with Gasteiger partial charge in [0.15, 0.2) is 0 Å². The lowest BCUT2D eigenvalue weighted by molar-refractivity contribution is -0.146. The van der Waals surface area contributed by atoms with E-state index in [0.717, 1.165) is 6.42 Å². The summed E-state index contributed by atoms with van der Waals surface area (Å²) in [5.74, 6) is -0.495. The molecule has 0 saturated heterocycles. The number of nitrogens with one attached hydrogen (secondary N) is 2. The maximum Gasteiger partial charge on any atom is 0.328 e. The van der Waals surface area contributed by atoms with E-state index in [1.165, 1.54) is 12.7 Å². The predicted octanol–water partition coefficient (Wildman–Crippen LogP) is 2.97. The van der Waals surface area contributed by atoms with Gasteiger partial charge in [0.2, 0.25) is 11.8 Å². The molecule has 1 unspecified atom stereocenters. The lowest BCUT2D eigenvalue weighted by Crippen LogP contribution is -2.44. The van der Waals surface area contributed by atoms with Gasteiger partial charge in [-0.05, 0) is 42.2 Å². The van der Waals surface area contributed by atoms with Crippen LogP contribution >= 0.6 is 0 Å². The summed E-state index contributed by atoms with van der Waals surface area (Å²) < 4.78 is 15.6. The number of carbonyl (C=O) groups excluding carboxylic acids is 3. The fraction of sp³-hybridized carbons (Fsp3) is 0.400. The number of hydrogen-bond acceptors (Lipinski definition) is 6. The Hall–Kier alpha value is -3.39. The van der Waals surface area contributed by atoms with Crippen LogP contribution in [0.2, 0.25) is 0 Å². The molecule has 178 valence electrons. The molecule has 0 heterocycles. The quantitative estimate of drug-likeness (QED) is 0.449. The summed E-state index contributed by atoms with van der Waals surface area (Å²) in [6.45, 7) is 3.79. The van der Waals surface area contributed by atoms with Gasteiger partial charge in [0.05, 0.1) is 13.7 Å². The monoisotopic (exact) mass is 456 g/mol. The highest BCUT2D eigenvalue weighted by atomic mass is 16.5. The van der Waals surface area contributed by atoms with Crippen LogP contribution in [-0.2, 0) is 30.3 Å². The average Bonchev–Trinajstić information content (AvgIpc) is 2.79. The topological polar surface area (TPSA) is 103 Å². The fourth-order valence-electron chi connectivity index (χ4n) is 3.06. The van der Waals surface area contributed by atoms with E-state index in [4.69, 9.17) is 14.2 Å². The SMILES string of the molecule is COC(=O)C(CC(C)C)NC(=O)COCC(=O)Nc1ccc(OCCc2ccccc2)cc1. The average molecular weight is 457 g/mol. The third-order valence-corrected chi connectivity index (χ3v) is 4.63. The van der Waals surface area contributed by atoms with Gasteiger partial charge in [-0.1, -0.05) is 44.2 Å². The molecular weight excluding hydrogens is 424 g/mol. The number of rotatable bonds is 13. The molecule has 0 saturated carbocycles. The Morgan fingerprint density at radius 2 is 1.58 bits per heavy atom. The van der Waals surface area contributed by atoms with Gasteiger partial charge in [-0.2, -0.15) is 0 Å². The van der Waals surface area contributed by atoms with Crippen molar-refractivity contribution in [2.45, 2.75) is 32.7 Å². The van der Waals surface area contributed by atoms with E-state index in [9.17, 15) is 14.4 Å². The Labute approximate surface area is 194 Å². The first-order valence-electron chi connectivity index (χ1n) is 10.9. The summed E-state index contributed by atoms with van der Waals surface area (Å²) in [4.78, 5) is 35.8. The van der Waals surface area contributed by atoms with E-state index in [1.54, 1.807) is 24.3 Å². The molecule has 0 aromatic heterocycles. The predicted molar refractivity (Wildman–Crippen MR) is 125 cm³/mol. The van der Waals surface area contributed by atoms with Crippen molar-refractivity contribution in [3.8, 4) is 5.75 Å². The molecule has 8 heteroatoms. The van der Waals surface area contributed by atoms with Crippen LogP contribution < -0.4 is 15.4 Å². The standard InChI is InChI=1S/C25H32N2O6/c1-18(2)15-22(25(30)31-3)27-24(29)17-32-16-23(28)26-20-9-11-21(12-10-20)33-14-13-19-7-5-4-6-8-19/h4-12,18,22H,13-17H2,1-3H3,(H,26,28)(H,27,29). The van der Waals surface area contributed by atoms with E-state index in [1.807, 2.05) is 32.0 Å². The molecule has 2 aromatic rings. The van der Waals surface area contributed by atoms with E-state index in [2.05, 4.69) is 22.8 Å². The third kappa shape index (κ3) is 10.2. The molecule has 0 spiro atoms. The van der Waals surface area contributed by atoms with Crippen LogP contribution in [0.1, 0.15) is 25.8 Å². The zero-order chi connectivity index (χ0) is 24.1. The van der Waals surface area contributed by atoms with Gasteiger partial charge in [-0.25, -0.2) is 4.79 Å². The van der Waals surface area contributed by atoms with Gasteiger partial charge in [-0.15, -0.1) is 0 Å². The Balaban J connectivity index is 1.68. The number of anilines is 1. The van der Waals surface area contributed by atoms with Gasteiger partial charge < -0.3 is 24.8 Å². The number of benzene rings is 2. The fourth-order valence-corrected chi connectivity index (χ4v) is 3.06. The van der Waals surface area contributed by atoms with Crippen molar-refractivity contribution in [2.75, 3.05) is 32.2 Å². The highest BCUT2D eigenvalue weighted by Crippen LogP contribution is 2.16. The third-order valence-electron chi connectivity index (χ3n) is 4.63. The molecule has 2 aromatic carbocycles.